The maximum atomic E-state index is 11.4. The van der Waals surface area contributed by atoms with Crippen molar-refractivity contribution in [3.63, 3.8) is 0 Å². The summed E-state index contributed by atoms with van der Waals surface area (Å²) in [6, 6.07) is 0. The van der Waals surface area contributed by atoms with Crippen LogP contribution in [0.1, 0.15) is 13.3 Å². The number of carbonyl (C=O) groups is 2. The molecular weight excluding hydrogens is 210 g/mol. The Morgan fingerprint density at radius 2 is 2.38 bits per heavy atom. The highest BCUT2D eigenvalue weighted by molar-refractivity contribution is 8.24. The van der Waals surface area contributed by atoms with Gasteiger partial charge in [-0.05, 0) is 6.42 Å². The van der Waals surface area contributed by atoms with Crippen LogP contribution < -0.4 is 0 Å². The number of carboxylic acids is 1. The van der Waals surface area contributed by atoms with Gasteiger partial charge in [0.1, 0.15) is 10.9 Å². The van der Waals surface area contributed by atoms with E-state index in [1.165, 1.54) is 11.8 Å². The zero-order valence-electron chi connectivity index (χ0n) is 7.02. The Morgan fingerprint density at radius 3 is 2.77 bits per heavy atom. The molecule has 1 aliphatic rings. The minimum Gasteiger partial charge on any atom is -0.480 e. The van der Waals surface area contributed by atoms with E-state index in [4.69, 9.17) is 17.3 Å². The molecule has 1 heterocycles. The maximum Gasteiger partial charge on any atom is 0.323 e. The minimum atomic E-state index is -1.03. The number of rotatable bonds is 3. The monoisotopic (exact) mass is 219 g/mol. The maximum absolute atomic E-state index is 11.4. The summed E-state index contributed by atoms with van der Waals surface area (Å²) in [4.78, 5) is 23.0. The molecule has 4 nitrogen and oxygen atoms in total. The molecule has 1 saturated heterocycles. The molecule has 1 aliphatic heterocycles. The van der Waals surface area contributed by atoms with Crippen LogP contribution in [-0.4, -0.2) is 38.0 Å². The van der Waals surface area contributed by atoms with Crippen molar-refractivity contribution in [1.82, 2.24) is 4.90 Å². The SMILES string of the molecule is CCC1SC(=S)N(CC(=O)O)C1=O. The fourth-order valence-corrected chi connectivity index (χ4v) is 2.46. The molecule has 1 atom stereocenters. The van der Waals surface area contributed by atoms with Crippen molar-refractivity contribution in [2.75, 3.05) is 6.54 Å². The molecule has 6 heteroatoms. The van der Waals surface area contributed by atoms with E-state index in [0.29, 0.717) is 10.7 Å². The number of thiocarbonyl (C=S) groups is 1. The summed E-state index contributed by atoms with van der Waals surface area (Å²) in [5.41, 5.74) is 0. The fraction of sp³-hybridized carbons (Fsp3) is 0.571. The Morgan fingerprint density at radius 1 is 1.77 bits per heavy atom. The van der Waals surface area contributed by atoms with E-state index >= 15 is 0 Å². The van der Waals surface area contributed by atoms with E-state index in [9.17, 15) is 9.59 Å². The summed E-state index contributed by atoms with van der Waals surface area (Å²) in [5, 5.41) is 8.32. The lowest BCUT2D eigenvalue weighted by Gasteiger charge is -2.11. The standard InChI is InChI=1S/C7H9NO3S2/c1-2-4-6(11)8(3-5(9)10)7(12)13-4/h4H,2-3H2,1H3,(H,9,10). The predicted octanol–water partition coefficient (Wildman–Crippen LogP) is 0.710. The molecule has 0 aromatic heterocycles. The van der Waals surface area contributed by atoms with Gasteiger partial charge in [-0.1, -0.05) is 30.9 Å². The molecule has 1 rings (SSSR count). The first-order chi connectivity index (χ1) is 6.06. The second kappa shape index (κ2) is 4.06. The summed E-state index contributed by atoms with van der Waals surface area (Å²) < 4.78 is 0.374. The van der Waals surface area contributed by atoms with Crippen LogP contribution in [0, 0.1) is 0 Å². The molecule has 1 N–H and O–H groups in total. The second-order valence-electron chi connectivity index (χ2n) is 2.60. The number of thioether (sulfide) groups is 1. The Bertz CT molecular complexity index is 266. The van der Waals surface area contributed by atoms with Crippen LogP contribution in [0.25, 0.3) is 0 Å². The predicted molar refractivity (Wildman–Crippen MR) is 53.6 cm³/mol. The number of aliphatic carboxylic acids is 1. The number of hydrogen-bond donors (Lipinski definition) is 1. The van der Waals surface area contributed by atoms with Gasteiger partial charge in [0.25, 0.3) is 0 Å². The van der Waals surface area contributed by atoms with Crippen molar-refractivity contribution in [3.8, 4) is 0 Å². The summed E-state index contributed by atoms with van der Waals surface area (Å²) >= 11 is 6.15. The van der Waals surface area contributed by atoms with Crippen LogP contribution in [0.4, 0.5) is 0 Å². The molecule has 0 aliphatic carbocycles. The van der Waals surface area contributed by atoms with Gasteiger partial charge in [-0.3, -0.25) is 14.5 Å². The van der Waals surface area contributed by atoms with Crippen LogP contribution >= 0.6 is 24.0 Å². The summed E-state index contributed by atoms with van der Waals surface area (Å²) in [5.74, 6) is -1.21. The first-order valence-electron chi connectivity index (χ1n) is 3.80. The molecular formula is C7H9NO3S2. The number of hydrogen-bond acceptors (Lipinski definition) is 4. The highest BCUT2D eigenvalue weighted by Gasteiger charge is 2.36. The number of nitrogens with zero attached hydrogens (tertiary/aromatic N) is 1. The van der Waals surface area contributed by atoms with E-state index < -0.39 is 5.97 Å². The molecule has 0 aromatic carbocycles. The number of amides is 1. The molecule has 0 saturated carbocycles. The van der Waals surface area contributed by atoms with Crippen molar-refractivity contribution in [2.24, 2.45) is 0 Å². The quantitative estimate of drug-likeness (QED) is 0.708. The third kappa shape index (κ3) is 2.19. The van der Waals surface area contributed by atoms with Crippen molar-refractivity contribution in [2.45, 2.75) is 18.6 Å². The minimum absolute atomic E-state index is 0.181. The largest absolute Gasteiger partial charge is 0.480 e. The Balaban J connectivity index is 2.70. The third-order valence-corrected chi connectivity index (χ3v) is 3.42. The normalized spacial score (nSPS) is 22.5. The molecule has 0 aromatic rings. The lowest BCUT2D eigenvalue weighted by atomic mass is 10.3. The van der Waals surface area contributed by atoms with Crippen LogP contribution in [0.2, 0.25) is 0 Å². The first-order valence-corrected chi connectivity index (χ1v) is 5.08. The smallest absolute Gasteiger partial charge is 0.323 e. The molecule has 72 valence electrons. The van der Waals surface area contributed by atoms with Crippen molar-refractivity contribution in [3.05, 3.63) is 0 Å². The highest BCUT2D eigenvalue weighted by atomic mass is 32.2. The molecule has 1 fully saturated rings. The van der Waals surface area contributed by atoms with Crippen molar-refractivity contribution in [1.29, 1.82) is 0 Å². The lowest BCUT2D eigenvalue weighted by Crippen LogP contribution is -2.35. The van der Waals surface area contributed by atoms with Gasteiger partial charge in [-0.2, -0.15) is 0 Å². The van der Waals surface area contributed by atoms with Crippen LogP contribution in [0.5, 0.6) is 0 Å². The van der Waals surface area contributed by atoms with Crippen molar-refractivity contribution < 1.29 is 14.7 Å². The van der Waals surface area contributed by atoms with E-state index in [1.54, 1.807) is 0 Å². The molecule has 13 heavy (non-hydrogen) atoms. The Hall–Kier alpha value is -0.620. The van der Waals surface area contributed by atoms with Gasteiger partial charge in [0.15, 0.2) is 0 Å². The topological polar surface area (TPSA) is 57.6 Å². The average molecular weight is 219 g/mol. The van der Waals surface area contributed by atoms with E-state index in [2.05, 4.69) is 0 Å². The zero-order valence-corrected chi connectivity index (χ0v) is 8.65. The van der Waals surface area contributed by atoms with Crippen LogP contribution in [0.15, 0.2) is 0 Å². The summed E-state index contributed by atoms with van der Waals surface area (Å²) in [6.07, 6.45) is 0.680. The van der Waals surface area contributed by atoms with Gasteiger partial charge >= 0.3 is 5.97 Å². The zero-order chi connectivity index (χ0) is 10.0. The van der Waals surface area contributed by atoms with Gasteiger partial charge < -0.3 is 5.11 Å². The fourth-order valence-electron chi connectivity index (χ4n) is 1.04. The summed E-state index contributed by atoms with van der Waals surface area (Å²) in [7, 11) is 0. The van der Waals surface area contributed by atoms with Crippen molar-refractivity contribution >= 4 is 40.2 Å². The molecule has 1 unspecified atom stereocenters. The van der Waals surface area contributed by atoms with E-state index in [1.807, 2.05) is 6.92 Å². The lowest BCUT2D eigenvalue weighted by molar-refractivity contribution is -0.141. The number of carbonyl (C=O) groups excluding carboxylic acids is 1. The molecule has 0 spiro atoms. The first kappa shape index (κ1) is 10.5. The van der Waals surface area contributed by atoms with E-state index in [-0.39, 0.29) is 17.7 Å². The average Bonchev–Trinajstić information content (AvgIpc) is 2.31. The van der Waals surface area contributed by atoms with Gasteiger partial charge in [0, 0.05) is 0 Å². The van der Waals surface area contributed by atoms with Gasteiger partial charge in [-0.25, -0.2) is 0 Å². The summed E-state index contributed by atoms with van der Waals surface area (Å²) in [6.45, 7) is 1.56. The van der Waals surface area contributed by atoms with Gasteiger partial charge in [0.05, 0.1) is 5.25 Å². The Labute approximate surface area is 85.3 Å². The van der Waals surface area contributed by atoms with E-state index in [0.717, 1.165) is 4.90 Å². The van der Waals surface area contributed by atoms with Crippen LogP contribution in [-0.2, 0) is 9.59 Å². The molecule has 0 bridgehead atoms. The van der Waals surface area contributed by atoms with Crippen LogP contribution in [0.3, 0.4) is 0 Å². The molecule has 0 radical (unpaired) electrons. The Kier molecular flexibility index (Phi) is 3.27. The highest BCUT2D eigenvalue weighted by Crippen LogP contribution is 2.28. The van der Waals surface area contributed by atoms with Gasteiger partial charge in [-0.15, -0.1) is 0 Å². The third-order valence-electron chi connectivity index (χ3n) is 1.67. The number of carboxylic acid groups (broad SMARTS) is 1. The second-order valence-corrected chi connectivity index (χ2v) is 4.44. The molecule has 1 amide bonds. The van der Waals surface area contributed by atoms with Gasteiger partial charge in [0.2, 0.25) is 5.91 Å².